The van der Waals surface area contributed by atoms with Gasteiger partial charge in [0.25, 0.3) is 0 Å². The Morgan fingerprint density at radius 2 is 1.94 bits per heavy atom. The van der Waals surface area contributed by atoms with Crippen LogP contribution in [0.25, 0.3) is 0 Å². The zero-order valence-corrected chi connectivity index (χ0v) is 11.4. The van der Waals surface area contributed by atoms with E-state index in [1.807, 2.05) is 0 Å². The zero-order chi connectivity index (χ0) is 12.2. The summed E-state index contributed by atoms with van der Waals surface area (Å²) < 4.78 is 0. The van der Waals surface area contributed by atoms with Crippen LogP contribution in [-0.4, -0.2) is 23.9 Å². The molecular formula is C14H27NO. The summed E-state index contributed by atoms with van der Waals surface area (Å²) in [5, 5.41) is 0. The Bertz CT molecular complexity index is 233. The van der Waals surface area contributed by atoms with Gasteiger partial charge in [0, 0.05) is 18.5 Å². The third-order valence-corrected chi connectivity index (χ3v) is 4.46. The number of carbonyl (C=O) groups excluding carboxylic acids is 1. The summed E-state index contributed by atoms with van der Waals surface area (Å²) in [5.41, 5.74) is -0.129. The summed E-state index contributed by atoms with van der Waals surface area (Å²) in [6.07, 6.45) is 5.60. The Labute approximate surface area is 100 Å². The second kappa shape index (κ2) is 5.70. The highest BCUT2D eigenvalue weighted by Crippen LogP contribution is 2.30. The van der Waals surface area contributed by atoms with E-state index in [1.165, 1.54) is 19.3 Å². The molecule has 0 aliphatic carbocycles. The van der Waals surface area contributed by atoms with E-state index in [4.69, 9.17) is 0 Å². The molecule has 0 bridgehead atoms. The molecule has 1 fully saturated rings. The predicted octanol–water partition coefficient (Wildman–Crippen LogP) is 3.46. The van der Waals surface area contributed by atoms with Crippen molar-refractivity contribution in [3.8, 4) is 0 Å². The summed E-state index contributed by atoms with van der Waals surface area (Å²) in [6, 6.07) is 0. The molecule has 0 spiro atoms. The van der Waals surface area contributed by atoms with E-state index in [0.717, 1.165) is 31.8 Å². The van der Waals surface area contributed by atoms with Gasteiger partial charge < -0.3 is 4.90 Å². The maximum Gasteiger partial charge on any atom is 0.228 e. The van der Waals surface area contributed by atoms with Gasteiger partial charge in [-0.05, 0) is 31.6 Å². The summed E-state index contributed by atoms with van der Waals surface area (Å²) in [4.78, 5) is 14.6. The molecule has 16 heavy (non-hydrogen) atoms. The quantitative estimate of drug-likeness (QED) is 0.717. The maximum atomic E-state index is 12.5. The Balaban J connectivity index is 2.65. The maximum absolute atomic E-state index is 12.5. The van der Waals surface area contributed by atoms with Crippen LogP contribution in [0.1, 0.15) is 59.8 Å². The minimum absolute atomic E-state index is 0.129. The normalized spacial score (nSPS) is 22.2. The average Bonchev–Trinajstić information content (AvgIpc) is 2.37. The minimum Gasteiger partial charge on any atom is -0.342 e. The van der Waals surface area contributed by atoms with Crippen LogP contribution < -0.4 is 0 Å². The highest BCUT2D eigenvalue weighted by Gasteiger charge is 2.34. The molecule has 1 atom stereocenters. The first-order chi connectivity index (χ1) is 7.57. The van der Waals surface area contributed by atoms with Crippen molar-refractivity contribution in [1.82, 2.24) is 4.90 Å². The molecule has 0 aromatic rings. The molecule has 1 aliphatic rings. The number of rotatable bonds is 4. The van der Waals surface area contributed by atoms with Crippen LogP contribution in [0.2, 0.25) is 0 Å². The molecule has 2 nitrogen and oxygen atoms in total. The van der Waals surface area contributed by atoms with Gasteiger partial charge in [0.05, 0.1) is 0 Å². The Morgan fingerprint density at radius 3 is 2.44 bits per heavy atom. The number of likely N-dealkylation sites (tertiary alicyclic amines) is 1. The SMILES string of the molecule is CC[C@H]1CCCN(C(=O)C(C)(CC)CC)C1. The first-order valence-corrected chi connectivity index (χ1v) is 6.86. The molecular weight excluding hydrogens is 198 g/mol. The van der Waals surface area contributed by atoms with Crippen molar-refractivity contribution in [3.05, 3.63) is 0 Å². The van der Waals surface area contributed by atoms with E-state index >= 15 is 0 Å². The van der Waals surface area contributed by atoms with Crippen molar-refractivity contribution in [2.24, 2.45) is 11.3 Å². The van der Waals surface area contributed by atoms with E-state index < -0.39 is 0 Å². The minimum atomic E-state index is -0.129. The van der Waals surface area contributed by atoms with E-state index in [9.17, 15) is 4.79 Å². The molecule has 94 valence electrons. The van der Waals surface area contributed by atoms with Crippen LogP contribution in [-0.2, 0) is 4.79 Å². The van der Waals surface area contributed by atoms with Crippen LogP contribution in [0.15, 0.2) is 0 Å². The number of nitrogens with zero attached hydrogens (tertiary/aromatic N) is 1. The third-order valence-electron chi connectivity index (χ3n) is 4.46. The van der Waals surface area contributed by atoms with Crippen molar-refractivity contribution < 1.29 is 4.79 Å². The average molecular weight is 225 g/mol. The first-order valence-electron chi connectivity index (χ1n) is 6.86. The van der Waals surface area contributed by atoms with E-state index in [0.29, 0.717) is 5.91 Å². The highest BCUT2D eigenvalue weighted by atomic mass is 16.2. The van der Waals surface area contributed by atoms with Gasteiger partial charge in [0.1, 0.15) is 0 Å². The van der Waals surface area contributed by atoms with Gasteiger partial charge in [0.2, 0.25) is 5.91 Å². The molecule has 2 heteroatoms. The lowest BCUT2D eigenvalue weighted by atomic mass is 9.82. The number of carbonyl (C=O) groups is 1. The van der Waals surface area contributed by atoms with Crippen molar-refractivity contribution in [1.29, 1.82) is 0 Å². The predicted molar refractivity (Wildman–Crippen MR) is 68.3 cm³/mol. The largest absolute Gasteiger partial charge is 0.342 e. The van der Waals surface area contributed by atoms with Crippen LogP contribution >= 0.6 is 0 Å². The number of piperidine rings is 1. The van der Waals surface area contributed by atoms with Crippen LogP contribution in [0, 0.1) is 11.3 Å². The van der Waals surface area contributed by atoms with Crippen LogP contribution in [0.5, 0.6) is 0 Å². The first kappa shape index (κ1) is 13.5. The van der Waals surface area contributed by atoms with Crippen molar-refractivity contribution in [2.45, 2.75) is 59.8 Å². The van der Waals surface area contributed by atoms with E-state index in [2.05, 4.69) is 32.6 Å². The summed E-state index contributed by atoms with van der Waals surface area (Å²) in [5.74, 6) is 1.12. The summed E-state index contributed by atoms with van der Waals surface area (Å²) >= 11 is 0. The Kier molecular flexibility index (Phi) is 4.82. The molecule has 0 radical (unpaired) electrons. The van der Waals surface area contributed by atoms with Gasteiger partial charge in [-0.15, -0.1) is 0 Å². The van der Waals surface area contributed by atoms with Crippen molar-refractivity contribution in [2.75, 3.05) is 13.1 Å². The molecule has 0 aromatic heterocycles. The lowest BCUT2D eigenvalue weighted by Gasteiger charge is -2.38. The van der Waals surface area contributed by atoms with E-state index in [-0.39, 0.29) is 5.41 Å². The smallest absolute Gasteiger partial charge is 0.228 e. The van der Waals surface area contributed by atoms with Crippen LogP contribution in [0.4, 0.5) is 0 Å². The Morgan fingerprint density at radius 1 is 1.31 bits per heavy atom. The highest BCUT2D eigenvalue weighted by molar-refractivity contribution is 5.82. The van der Waals surface area contributed by atoms with Gasteiger partial charge in [-0.1, -0.05) is 34.1 Å². The summed E-state index contributed by atoms with van der Waals surface area (Å²) in [6.45, 7) is 10.6. The van der Waals surface area contributed by atoms with Gasteiger partial charge in [0.15, 0.2) is 0 Å². The molecule has 1 aliphatic heterocycles. The molecule has 0 unspecified atom stereocenters. The fourth-order valence-electron chi connectivity index (χ4n) is 2.52. The molecule has 1 amide bonds. The zero-order valence-electron chi connectivity index (χ0n) is 11.4. The molecule has 1 heterocycles. The standard InChI is InChI=1S/C14H27NO/c1-5-12-9-8-10-15(11-12)13(16)14(4,6-2)7-3/h12H,5-11H2,1-4H3/t12-/m0/s1. The Hall–Kier alpha value is -0.530. The number of amides is 1. The van der Waals surface area contributed by atoms with Crippen molar-refractivity contribution >= 4 is 5.91 Å². The third kappa shape index (κ3) is 2.78. The lowest BCUT2D eigenvalue weighted by molar-refractivity contribution is -0.143. The lowest BCUT2D eigenvalue weighted by Crippen LogP contribution is -2.46. The van der Waals surface area contributed by atoms with Gasteiger partial charge in [-0.3, -0.25) is 4.79 Å². The number of hydrogen-bond donors (Lipinski definition) is 0. The van der Waals surface area contributed by atoms with Gasteiger partial charge in [-0.25, -0.2) is 0 Å². The second-order valence-electron chi connectivity index (χ2n) is 5.44. The fraction of sp³-hybridized carbons (Fsp3) is 0.929. The molecule has 0 N–H and O–H groups in total. The van der Waals surface area contributed by atoms with E-state index in [1.54, 1.807) is 0 Å². The topological polar surface area (TPSA) is 20.3 Å². The van der Waals surface area contributed by atoms with Crippen LogP contribution in [0.3, 0.4) is 0 Å². The molecule has 0 saturated carbocycles. The van der Waals surface area contributed by atoms with Gasteiger partial charge >= 0.3 is 0 Å². The molecule has 1 rings (SSSR count). The van der Waals surface area contributed by atoms with Crippen molar-refractivity contribution in [3.63, 3.8) is 0 Å². The van der Waals surface area contributed by atoms with Gasteiger partial charge in [-0.2, -0.15) is 0 Å². The second-order valence-corrected chi connectivity index (χ2v) is 5.44. The molecule has 0 aromatic carbocycles. The molecule has 1 saturated heterocycles. The fourth-order valence-corrected chi connectivity index (χ4v) is 2.52. The summed E-state index contributed by atoms with van der Waals surface area (Å²) in [7, 11) is 0. The number of hydrogen-bond acceptors (Lipinski definition) is 1. The monoisotopic (exact) mass is 225 g/mol.